The molecule has 1 aromatic heterocycles. The van der Waals surface area contributed by atoms with Crippen LogP contribution in [0.25, 0.3) is 5.57 Å². The van der Waals surface area contributed by atoms with Gasteiger partial charge < -0.3 is 24.6 Å². The average Bonchev–Trinajstić information content (AvgIpc) is 2.86. The Bertz CT molecular complexity index is 1100. The van der Waals surface area contributed by atoms with Crippen molar-refractivity contribution in [3.05, 3.63) is 84.3 Å². The van der Waals surface area contributed by atoms with Crippen molar-refractivity contribution in [2.45, 2.75) is 13.5 Å². The highest BCUT2D eigenvalue weighted by atomic mass is 16.5. The Morgan fingerprint density at radius 1 is 1.00 bits per heavy atom. The number of allylic oxidation sites excluding steroid dienone is 4. The minimum atomic E-state index is 0.521. The van der Waals surface area contributed by atoms with Gasteiger partial charge in [-0.15, -0.1) is 0 Å². The molecule has 2 aliphatic rings. The van der Waals surface area contributed by atoms with Gasteiger partial charge in [0, 0.05) is 49.3 Å². The predicted octanol–water partition coefficient (Wildman–Crippen LogP) is 4.59. The third-order valence-corrected chi connectivity index (χ3v) is 6.02. The molecule has 2 aliphatic heterocycles. The zero-order valence-corrected chi connectivity index (χ0v) is 20.7. The first kappa shape index (κ1) is 24.9. The van der Waals surface area contributed by atoms with Crippen molar-refractivity contribution in [2.75, 3.05) is 63.3 Å². The molecule has 184 valence electrons. The van der Waals surface area contributed by atoms with Crippen LogP contribution in [-0.4, -0.2) is 67.9 Å². The first-order valence-corrected chi connectivity index (χ1v) is 12.1. The fraction of sp³-hybridized carbons (Fsp3) is 0.357. The predicted molar refractivity (Wildman–Crippen MR) is 143 cm³/mol. The van der Waals surface area contributed by atoms with Gasteiger partial charge in [0.15, 0.2) is 0 Å². The van der Waals surface area contributed by atoms with Gasteiger partial charge in [-0.2, -0.15) is 0 Å². The summed E-state index contributed by atoms with van der Waals surface area (Å²) in [6, 6.07) is 8.25. The van der Waals surface area contributed by atoms with E-state index < -0.39 is 0 Å². The van der Waals surface area contributed by atoms with Crippen LogP contribution >= 0.6 is 0 Å². The second kappa shape index (κ2) is 12.4. The quantitative estimate of drug-likeness (QED) is 0.608. The van der Waals surface area contributed by atoms with Gasteiger partial charge in [-0.3, -0.25) is 0 Å². The number of ether oxygens (including phenoxy) is 2. The van der Waals surface area contributed by atoms with Crippen molar-refractivity contribution in [1.82, 2.24) is 14.9 Å². The standard InChI is InChI=1S/C28H35N5O2/c1-22-7-6-8-23(2)26-11-12-29-28(31-26)30-25-9-10-27(33-15-13-32(3)14-16-33)24(19-25)21-35-18-5-4-17-34-20-22/h4-12,19H,2,13-18,20-21H2,1,3H3,(H,29,30,31)/b5-4+,8-6-,22-7+. The van der Waals surface area contributed by atoms with Crippen LogP contribution < -0.4 is 10.2 Å². The second-order valence-electron chi connectivity index (χ2n) is 8.92. The molecule has 0 amide bonds. The molecule has 4 rings (SSSR count). The molecule has 1 fully saturated rings. The maximum Gasteiger partial charge on any atom is 0.227 e. The van der Waals surface area contributed by atoms with Gasteiger partial charge in [0.05, 0.1) is 32.1 Å². The summed E-state index contributed by atoms with van der Waals surface area (Å²) in [4.78, 5) is 13.9. The van der Waals surface area contributed by atoms with Crippen LogP contribution in [0, 0.1) is 0 Å². The molecule has 1 N–H and O–H groups in total. The van der Waals surface area contributed by atoms with Crippen LogP contribution in [0.5, 0.6) is 0 Å². The van der Waals surface area contributed by atoms with Crippen molar-refractivity contribution in [1.29, 1.82) is 0 Å². The zero-order valence-electron chi connectivity index (χ0n) is 20.7. The molecule has 0 unspecified atom stereocenters. The number of benzene rings is 1. The maximum atomic E-state index is 6.02. The number of rotatable bonds is 1. The molecule has 0 aliphatic carbocycles. The number of nitrogens with zero attached hydrogens (tertiary/aromatic N) is 4. The van der Waals surface area contributed by atoms with Gasteiger partial charge in [-0.25, -0.2) is 9.97 Å². The highest BCUT2D eigenvalue weighted by molar-refractivity contribution is 5.71. The Morgan fingerprint density at radius 3 is 2.57 bits per heavy atom. The largest absolute Gasteiger partial charge is 0.373 e. The fourth-order valence-corrected chi connectivity index (χ4v) is 3.98. The van der Waals surface area contributed by atoms with Gasteiger partial charge in [0.25, 0.3) is 0 Å². The fourth-order valence-electron chi connectivity index (χ4n) is 3.98. The summed E-state index contributed by atoms with van der Waals surface area (Å²) in [5, 5.41) is 3.36. The summed E-state index contributed by atoms with van der Waals surface area (Å²) in [5.41, 5.74) is 6.01. The van der Waals surface area contributed by atoms with Crippen molar-refractivity contribution < 1.29 is 9.47 Å². The lowest BCUT2D eigenvalue weighted by atomic mass is 10.1. The average molecular weight is 474 g/mol. The zero-order chi connectivity index (χ0) is 24.5. The van der Waals surface area contributed by atoms with Crippen LogP contribution in [0.2, 0.25) is 0 Å². The van der Waals surface area contributed by atoms with Crippen molar-refractivity contribution in [2.24, 2.45) is 0 Å². The third-order valence-electron chi connectivity index (χ3n) is 6.02. The van der Waals surface area contributed by atoms with Crippen LogP contribution in [0.1, 0.15) is 18.2 Å². The molecule has 1 saturated heterocycles. The number of piperazine rings is 1. The molecule has 0 radical (unpaired) electrons. The minimum Gasteiger partial charge on any atom is -0.373 e. The summed E-state index contributed by atoms with van der Waals surface area (Å²) in [6.07, 6.45) is 11.7. The molecule has 0 spiro atoms. The first-order valence-electron chi connectivity index (χ1n) is 12.1. The molecule has 0 atom stereocenters. The lowest BCUT2D eigenvalue weighted by Crippen LogP contribution is -2.44. The van der Waals surface area contributed by atoms with E-state index in [1.807, 2.05) is 43.4 Å². The Hall–Kier alpha value is -3.26. The molecular weight excluding hydrogens is 438 g/mol. The molecule has 2 aromatic rings. The van der Waals surface area contributed by atoms with E-state index >= 15 is 0 Å². The molecule has 0 saturated carbocycles. The smallest absolute Gasteiger partial charge is 0.227 e. The third kappa shape index (κ3) is 7.36. The van der Waals surface area contributed by atoms with E-state index in [2.05, 4.69) is 56.9 Å². The van der Waals surface area contributed by atoms with Crippen molar-refractivity contribution >= 4 is 22.9 Å². The molecule has 1 aromatic carbocycles. The van der Waals surface area contributed by atoms with Crippen LogP contribution in [0.4, 0.5) is 17.3 Å². The Kier molecular flexibility index (Phi) is 8.84. The first-order chi connectivity index (χ1) is 17.1. The second-order valence-corrected chi connectivity index (χ2v) is 8.92. The SMILES string of the molecule is C=C1/C=C\C=C(/C)COC/C=C/COCc2cc(ccc2N2CCN(C)CC2)Nc2nccc1n2. The summed E-state index contributed by atoms with van der Waals surface area (Å²) in [5.74, 6) is 0.536. The molecular formula is C28H35N5O2. The van der Waals surface area contributed by atoms with Crippen molar-refractivity contribution in [3.8, 4) is 0 Å². The highest BCUT2D eigenvalue weighted by Gasteiger charge is 2.17. The van der Waals surface area contributed by atoms with E-state index in [-0.39, 0.29) is 0 Å². The minimum absolute atomic E-state index is 0.521. The summed E-state index contributed by atoms with van der Waals surface area (Å²) < 4.78 is 11.7. The number of nitrogens with one attached hydrogen (secondary N) is 1. The van der Waals surface area contributed by atoms with Gasteiger partial charge in [-0.05, 0) is 49.4 Å². The number of likely N-dealkylation sites (N-methyl/N-ethyl adjacent to an activating group) is 1. The number of hydrogen-bond donors (Lipinski definition) is 1. The number of fused-ring (bicyclic) bond motifs is 4. The lowest BCUT2D eigenvalue weighted by molar-refractivity contribution is 0.147. The van der Waals surface area contributed by atoms with E-state index in [0.717, 1.165) is 54.3 Å². The Balaban J connectivity index is 1.59. The number of anilines is 3. The molecule has 7 heteroatoms. The van der Waals surface area contributed by atoms with Crippen LogP contribution in [0.15, 0.2) is 73.0 Å². The van der Waals surface area contributed by atoms with E-state index in [1.165, 1.54) is 5.69 Å². The summed E-state index contributed by atoms with van der Waals surface area (Å²) in [7, 11) is 2.17. The van der Waals surface area contributed by atoms with Crippen LogP contribution in [0.3, 0.4) is 0 Å². The van der Waals surface area contributed by atoms with Crippen molar-refractivity contribution in [3.63, 3.8) is 0 Å². The monoisotopic (exact) mass is 473 g/mol. The molecule has 3 heterocycles. The Morgan fingerprint density at radius 2 is 1.77 bits per heavy atom. The normalized spacial score (nSPS) is 21.9. The highest BCUT2D eigenvalue weighted by Crippen LogP contribution is 2.27. The van der Waals surface area contributed by atoms with E-state index in [1.54, 1.807) is 6.20 Å². The molecule has 35 heavy (non-hydrogen) atoms. The van der Waals surface area contributed by atoms with Gasteiger partial charge in [0.2, 0.25) is 5.95 Å². The van der Waals surface area contributed by atoms with Gasteiger partial charge >= 0.3 is 0 Å². The lowest BCUT2D eigenvalue weighted by Gasteiger charge is -2.35. The van der Waals surface area contributed by atoms with E-state index in [4.69, 9.17) is 9.47 Å². The number of aromatic nitrogens is 2. The van der Waals surface area contributed by atoms with E-state index in [0.29, 0.717) is 32.4 Å². The van der Waals surface area contributed by atoms with Crippen LogP contribution in [-0.2, 0) is 16.1 Å². The Labute approximate surface area is 208 Å². The number of hydrogen-bond acceptors (Lipinski definition) is 7. The molecule has 4 bridgehead atoms. The summed E-state index contributed by atoms with van der Waals surface area (Å²) >= 11 is 0. The van der Waals surface area contributed by atoms with Gasteiger partial charge in [0.1, 0.15) is 0 Å². The topological polar surface area (TPSA) is 62.8 Å². The molecule has 7 nitrogen and oxygen atoms in total. The van der Waals surface area contributed by atoms with E-state index in [9.17, 15) is 0 Å². The van der Waals surface area contributed by atoms with Gasteiger partial charge in [-0.1, -0.05) is 37.0 Å². The maximum absolute atomic E-state index is 6.02. The summed E-state index contributed by atoms with van der Waals surface area (Å²) in [6.45, 7) is 12.5.